The molecule has 0 aliphatic rings. The summed E-state index contributed by atoms with van der Waals surface area (Å²) in [5.74, 6) is 0. The van der Waals surface area contributed by atoms with Crippen LogP contribution in [0.1, 0.15) is 102 Å². The second kappa shape index (κ2) is 12.9. The number of aryl methyl sites for hydroxylation is 2. The van der Waals surface area contributed by atoms with E-state index in [0.717, 1.165) is 0 Å². The van der Waals surface area contributed by atoms with E-state index in [0.29, 0.717) is 0 Å². The number of thiophene rings is 1. The molecule has 37 heavy (non-hydrogen) atoms. The number of fused-ring (bicyclic) bond motifs is 7. The quantitative estimate of drug-likeness (QED) is 0.131. The van der Waals surface area contributed by atoms with Crippen molar-refractivity contribution in [3.8, 4) is 0 Å². The first-order chi connectivity index (χ1) is 18.3. The second-order valence-electron chi connectivity index (χ2n) is 11.0. The molecular formula is C36H44S. The van der Waals surface area contributed by atoms with Gasteiger partial charge in [0.15, 0.2) is 0 Å². The van der Waals surface area contributed by atoms with Gasteiger partial charge in [0.1, 0.15) is 0 Å². The van der Waals surface area contributed by atoms with E-state index in [9.17, 15) is 0 Å². The minimum Gasteiger partial charge on any atom is -0.135 e. The van der Waals surface area contributed by atoms with Gasteiger partial charge in [0.25, 0.3) is 0 Å². The lowest BCUT2D eigenvalue weighted by atomic mass is 9.92. The summed E-state index contributed by atoms with van der Waals surface area (Å²) in [6.45, 7) is 4.60. The van der Waals surface area contributed by atoms with E-state index in [-0.39, 0.29) is 0 Å². The topological polar surface area (TPSA) is 0 Å². The summed E-state index contributed by atoms with van der Waals surface area (Å²) < 4.78 is 2.94. The fourth-order valence-corrected chi connectivity index (χ4v) is 7.51. The van der Waals surface area contributed by atoms with Gasteiger partial charge in [0.2, 0.25) is 0 Å². The Labute approximate surface area is 228 Å². The Balaban J connectivity index is 1.51. The van der Waals surface area contributed by atoms with Crippen LogP contribution in [0.5, 0.6) is 0 Å². The molecule has 0 radical (unpaired) electrons. The Morgan fingerprint density at radius 1 is 0.459 bits per heavy atom. The van der Waals surface area contributed by atoms with E-state index in [1.54, 1.807) is 11.1 Å². The molecule has 0 amide bonds. The van der Waals surface area contributed by atoms with Gasteiger partial charge in [-0.15, -0.1) is 11.3 Å². The summed E-state index contributed by atoms with van der Waals surface area (Å²) in [6, 6.07) is 23.5. The fourth-order valence-electron chi connectivity index (χ4n) is 6.24. The van der Waals surface area contributed by atoms with Crippen LogP contribution >= 0.6 is 11.3 Å². The summed E-state index contributed by atoms with van der Waals surface area (Å²) in [5, 5.41) is 8.77. The van der Waals surface area contributed by atoms with E-state index in [1.807, 2.05) is 11.3 Å². The molecule has 1 heterocycles. The van der Waals surface area contributed by atoms with E-state index in [2.05, 4.69) is 74.5 Å². The van der Waals surface area contributed by atoms with Gasteiger partial charge in [-0.3, -0.25) is 0 Å². The number of hydrogen-bond acceptors (Lipinski definition) is 1. The van der Waals surface area contributed by atoms with Crippen molar-refractivity contribution in [3.63, 3.8) is 0 Å². The number of rotatable bonds is 14. The maximum atomic E-state index is 2.54. The molecule has 0 unspecified atom stereocenters. The smallest absolute Gasteiger partial charge is 0.0364 e. The molecule has 0 saturated heterocycles. The molecule has 0 nitrogen and oxygen atoms in total. The highest BCUT2D eigenvalue weighted by Crippen LogP contribution is 2.44. The fraction of sp³-hybridized carbons (Fsp3) is 0.444. The summed E-state index contributed by atoms with van der Waals surface area (Å²) >= 11 is 2.02. The van der Waals surface area contributed by atoms with Crippen molar-refractivity contribution in [2.75, 3.05) is 0 Å². The van der Waals surface area contributed by atoms with Crippen molar-refractivity contribution in [2.24, 2.45) is 0 Å². The molecule has 0 spiro atoms. The maximum Gasteiger partial charge on any atom is 0.0364 e. The van der Waals surface area contributed by atoms with Gasteiger partial charge < -0.3 is 0 Å². The largest absolute Gasteiger partial charge is 0.135 e. The Morgan fingerprint density at radius 3 is 1.27 bits per heavy atom. The third kappa shape index (κ3) is 5.88. The lowest BCUT2D eigenvalue weighted by molar-refractivity contribution is 0.608. The molecule has 1 heteroatoms. The molecule has 4 aromatic carbocycles. The van der Waals surface area contributed by atoms with Crippen molar-refractivity contribution >= 4 is 53.1 Å². The Bertz CT molecular complexity index is 1340. The molecule has 5 rings (SSSR count). The van der Waals surface area contributed by atoms with E-state index < -0.39 is 0 Å². The monoisotopic (exact) mass is 508 g/mol. The summed E-state index contributed by atoms with van der Waals surface area (Å²) in [4.78, 5) is 0. The zero-order valence-electron chi connectivity index (χ0n) is 23.1. The van der Waals surface area contributed by atoms with Gasteiger partial charge >= 0.3 is 0 Å². The van der Waals surface area contributed by atoms with Crippen LogP contribution in [0.25, 0.3) is 41.7 Å². The zero-order chi connectivity index (χ0) is 25.5. The van der Waals surface area contributed by atoms with E-state index in [4.69, 9.17) is 0 Å². The second-order valence-corrected chi connectivity index (χ2v) is 12.1. The maximum absolute atomic E-state index is 2.54. The molecule has 0 aliphatic carbocycles. The van der Waals surface area contributed by atoms with Crippen LogP contribution in [0.3, 0.4) is 0 Å². The number of unbranched alkanes of at least 4 members (excludes halogenated alkanes) is 10. The third-order valence-electron chi connectivity index (χ3n) is 8.26. The highest BCUT2D eigenvalue weighted by atomic mass is 32.1. The van der Waals surface area contributed by atoms with Crippen molar-refractivity contribution in [3.05, 3.63) is 71.8 Å². The van der Waals surface area contributed by atoms with Crippen LogP contribution in [0.15, 0.2) is 60.7 Å². The Hall–Kier alpha value is -2.38. The lowest BCUT2D eigenvalue weighted by Gasteiger charge is -2.11. The van der Waals surface area contributed by atoms with Crippen molar-refractivity contribution in [2.45, 2.75) is 104 Å². The van der Waals surface area contributed by atoms with Gasteiger partial charge in [0, 0.05) is 20.2 Å². The molecule has 0 saturated carbocycles. The predicted molar refractivity (Wildman–Crippen MR) is 169 cm³/mol. The predicted octanol–water partition coefficient (Wildman–Crippen LogP) is 12.2. The minimum atomic E-state index is 1.20. The lowest BCUT2D eigenvalue weighted by Crippen LogP contribution is -1.90. The van der Waals surface area contributed by atoms with Crippen LogP contribution in [0.4, 0.5) is 0 Å². The summed E-state index contributed by atoms with van der Waals surface area (Å²) in [5.41, 5.74) is 3.09. The number of benzene rings is 4. The third-order valence-corrected chi connectivity index (χ3v) is 9.34. The standard InChI is InChI=1S/C36H44S/c1-3-5-7-9-11-13-19-27-25-33-35(31-23-17-15-21-29(27)31)36-32-24-18-16-22-30(32)28(26-34(36)37-33)20-14-12-10-8-6-4-2/h15-18,21-26H,3-14,19-20H2,1-2H3. The molecule has 0 N–H and O–H groups in total. The number of hydrogen-bond donors (Lipinski definition) is 0. The van der Waals surface area contributed by atoms with Crippen LogP contribution in [-0.2, 0) is 12.8 Å². The highest BCUT2D eigenvalue weighted by molar-refractivity contribution is 7.26. The SMILES string of the molecule is CCCCCCCCc1cc2sc3cc(CCCCCCCC)c4ccccc4c3c2c2ccccc12. The van der Waals surface area contributed by atoms with Crippen LogP contribution in [0.2, 0.25) is 0 Å². The molecule has 0 bridgehead atoms. The first-order valence-corrected chi connectivity index (χ1v) is 15.9. The van der Waals surface area contributed by atoms with Crippen LogP contribution in [-0.4, -0.2) is 0 Å². The first kappa shape index (κ1) is 26.2. The highest BCUT2D eigenvalue weighted by Gasteiger charge is 2.16. The van der Waals surface area contributed by atoms with Crippen molar-refractivity contribution in [1.29, 1.82) is 0 Å². The molecule has 194 valence electrons. The molecule has 0 atom stereocenters. The Kier molecular flexibility index (Phi) is 9.16. The molecule has 0 aliphatic heterocycles. The van der Waals surface area contributed by atoms with E-state index in [1.165, 1.54) is 132 Å². The van der Waals surface area contributed by atoms with Crippen LogP contribution < -0.4 is 0 Å². The van der Waals surface area contributed by atoms with Crippen molar-refractivity contribution in [1.82, 2.24) is 0 Å². The molecular weight excluding hydrogens is 464 g/mol. The minimum absolute atomic E-state index is 1.20. The van der Waals surface area contributed by atoms with Crippen LogP contribution in [0, 0.1) is 0 Å². The Morgan fingerprint density at radius 2 is 0.838 bits per heavy atom. The molecule has 0 fully saturated rings. The van der Waals surface area contributed by atoms with E-state index >= 15 is 0 Å². The average molecular weight is 509 g/mol. The van der Waals surface area contributed by atoms with Gasteiger partial charge in [0.05, 0.1) is 0 Å². The average Bonchev–Trinajstić information content (AvgIpc) is 3.31. The van der Waals surface area contributed by atoms with Gasteiger partial charge in [-0.05, 0) is 70.5 Å². The van der Waals surface area contributed by atoms with Gasteiger partial charge in [-0.1, -0.05) is 127 Å². The van der Waals surface area contributed by atoms with Crippen molar-refractivity contribution < 1.29 is 0 Å². The van der Waals surface area contributed by atoms with Gasteiger partial charge in [-0.25, -0.2) is 0 Å². The summed E-state index contributed by atoms with van der Waals surface area (Å²) in [6.07, 6.45) is 18.6. The normalized spacial score (nSPS) is 11.9. The zero-order valence-corrected chi connectivity index (χ0v) is 23.9. The molecule has 1 aromatic heterocycles. The summed E-state index contributed by atoms with van der Waals surface area (Å²) in [7, 11) is 0. The van der Waals surface area contributed by atoms with Gasteiger partial charge in [-0.2, -0.15) is 0 Å². The first-order valence-electron chi connectivity index (χ1n) is 15.1. The molecule has 5 aromatic rings.